The van der Waals surface area contributed by atoms with Gasteiger partial charge in [-0.2, -0.15) is 20.0 Å². The minimum Gasteiger partial charge on any atom is -0.383 e. The summed E-state index contributed by atoms with van der Waals surface area (Å²) >= 11 is 0. The third-order valence-electron chi connectivity index (χ3n) is 2.95. The smallest absolute Gasteiger partial charge is 0.228 e. The standard InChI is InChI=1S/C12H9FN6/c13-9-4-2-1-3-7(9)10-8(5-14)11(15)19-12(18-10)16-6-17-19/h1-4,6,10H,15H2,(H,16,17,18). The number of hydrogen-bond donors (Lipinski definition) is 2. The van der Waals surface area contributed by atoms with Gasteiger partial charge in [-0.05, 0) is 6.07 Å². The summed E-state index contributed by atoms with van der Waals surface area (Å²) in [5.74, 6) is 0.125. The van der Waals surface area contributed by atoms with Gasteiger partial charge < -0.3 is 11.1 Å². The Labute approximate surface area is 108 Å². The van der Waals surface area contributed by atoms with E-state index < -0.39 is 11.9 Å². The van der Waals surface area contributed by atoms with Crippen LogP contribution in [0.25, 0.3) is 5.82 Å². The predicted molar refractivity (Wildman–Crippen MR) is 65.8 cm³/mol. The van der Waals surface area contributed by atoms with Crippen LogP contribution in [-0.2, 0) is 0 Å². The maximum Gasteiger partial charge on any atom is 0.228 e. The van der Waals surface area contributed by atoms with Crippen LogP contribution in [0.1, 0.15) is 11.6 Å². The van der Waals surface area contributed by atoms with E-state index in [2.05, 4.69) is 15.4 Å². The Kier molecular flexibility index (Phi) is 2.42. The van der Waals surface area contributed by atoms with Crippen molar-refractivity contribution in [1.29, 1.82) is 5.26 Å². The highest BCUT2D eigenvalue weighted by Crippen LogP contribution is 2.33. The molecule has 0 bridgehead atoms. The first-order chi connectivity index (χ1) is 9.22. The Morgan fingerprint density at radius 2 is 2.21 bits per heavy atom. The van der Waals surface area contributed by atoms with Gasteiger partial charge in [-0.3, -0.25) is 0 Å². The molecule has 3 N–H and O–H groups in total. The van der Waals surface area contributed by atoms with Crippen molar-refractivity contribution in [2.24, 2.45) is 5.73 Å². The number of anilines is 1. The van der Waals surface area contributed by atoms with Gasteiger partial charge in [-0.25, -0.2) is 4.39 Å². The van der Waals surface area contributed by atoms with Gasteiger partial charge in [0, 0.05) is 5.56 Å². The Bertz CT molecular complexity index is 711. The largest absolute Gasteiger partial charge is 0.383 e. The van der Waals surface area contributed by atoms with E-state index in [1.54, 1.807) is 18.2 Å². The van der Waals surface area contributed by atoms with Crippen molar-refractivity contribution in [2.75, 3.05) is 5.32 Å². The second-order valence-electron chi connectivity index (χ2n) is 4.01. The molecule has 0 fully saturated rings. The first kappa shape index (κ1) is 11.2. The molecule has 0 aliphatic carbocycles. The van der Waals surface area contributed by atoms with Crippen LogP contribution in [0.4, 0.5) is 10.3 Å². The third-order valence-corrected chi connectivity index (χ3v) is 2.95. The van der Waals surface area contributed by atoms with Gasteiger partial charge in [0.25, 0.3) is 0 Å². The zero-order chi connectivity index (χ0) is 13.4. The molecule has 2 heterocycles. The van der Waals surface area contributed by atoms with Crippen LogP contribution in [0.3, 0.4) is 0 Å². The summed E-state index contributed by atoms with van der Waals surface area (Å²) < 4.78 is 15.2. The van der Waals surface area contributed by atoms with Gasteiger partial charge in [-0.15, -0.1) is 0 Å². The second kappa shape index (κ2) is 4.10. The van der Waals surface area contributed by atoms with Crippen molar-refractivity contribution in [3.63, 3.8) is 0 Å². The molecule has 0 amide bonds. The van der Waals surface area contributed by atoms with Crippen molar-refractivity contribution in [3.05, 3.63) is 47.5 Å². The molecular formula is C12H9FN6. The number of nitriles is 1. The highest BCUT2D eigenvalue weighted by molar-refractivity contribution is 5.65. The maximum atomic E-state index is 13.9. The number of nitrogens with two attached hydrogens (primary N) is 1. The van der Waals surface area contributed by atoms with Crippen molar-refractivity contribution >= 4 is 11.8 Å². The van der Waals surface area contributed by atoms with E-state index in [0.717, 1.165) is 0 Å². The van der Waals surface area contributed by atoms with Crippen LogP contribution in [0.2, 0.25) is 0 Å². The maximum absolute atomic E-state index is 13.9. The molecule has 1 atom stereocenters. The molecule has 1 unspecified atom stereocenters. The van der Waals surface area contributed by atoms with E-state index in [1.807, 2.05) is 6.07 Å². The lowest BCUT2D eigenvalue weighted by Crippen LogP contribution is -2.27. The first-order valence-corrected chi connectivity index (χ1v) is 5.53. The number of nitrogens with one attached hydrogen (secondary N) is 1. The predicted octanol–water partition coefficient (Wildman–Crippen LogP) is 1.23. The fourth-order valence-electron chi connectivity index (χ4n) is 2.04. The topological polar surface area (TPSA) is 92.5 Å². The monoisotopic (exact) mass is 256 g/mol. The van der Waals surface area contributed by atoms with Crippen LogP contribution in [-0.4, -0.2) is 14.8 Å². The molecule has 7 heteroatoms. The molecule has 0 radical (unpaired) electrons. The number of nitrogens with zero attached hydrogens (tertiary/aromatic N) is 4. The molecule has 0 saturated carbocycles. The second-order valence-corrected chi connectivity index (χ2v) is 4.01. The van der Waals surface area contributed by atoms with Crippen LogP contribution >= 0.6 is 0 Å². The lowest BCUT2D eigenvalue weighted by Gasteiger charge is -2.25. The fraction of sp³-hybridized carbons (Fsp3) is 0.0833. The summed E-state index contributed by atoms with van der Waals surface area (Å²) in [7, 11) is 0. The van der Waals surface area contributed by atoms with Crippen molar-refractivity contribution in [2.45, 2.75) is 6.04 Å². The molecule has 1 aliphatic heterocycles. The minimum atomic E-state index is -0.664. The van der Waals surface area contributed by atoms with E-state index in [1.165, 1.54) is 17.1 Å². The minimum absolute atomic E-state index is 0.155. The molecule has 19 heavy (non-hydrogen) atoms. The normalized spacial score (nSPS) is 17.6. The summed E-state index contributed by atoms with van der Waals surface area (Å²) in [6.45, 7) is 0. The van der Waals surface area contributed by atoms with E-state index in [-0.39, 0.29) is 11.4 Å². The van der Waals surface area contributed by atoms with Gasteiger partial charge in [0.2, 0.25) is 5.95 Å². The van der Waals surface area contributed by atoms with E-state index in [4.69, 9.17) is 5.73 Å². The highest BCUT2D eigenvalue weighted by atomic mass is 19.1. The lowest BCUT2D eigenvalue weighted by atomic mass is 9.98. The molecule has 6 nitrogen and oxygen atoms in total. The molecule has 94 valence electrons. The Hall–Kier alpha value is -2.88. The average Bonchev–Trinajstić information content (AvgIpc) is 2.88. The summed E-state index contributed by atoms with van der Waals surface area (Å²) in [4.78, 5) is 3.98. The first-order valence-electron chi connectivity index (χ1n) is 5.53. The summed E-state index contributed by atoms with van der Waals surface area (Å²) in [6.07, 6.45) is 1.31. The van der Waals surface area contributed by atoms with Crippen LogP contribution in [0, 0.1) is 17.1 Å². The van der Waals surface area contributed by atoms with Crippen LogP contribution in [0.15, 0.2) is 36.2 Å². The molecule has 1 aromatic heterocycles. The zero-order valence-electron chi connectivity index (χ0n) is 9.71. The summed E-state index contributed by atoms with van der Waals surface area (Å²) in [5.41, 5.74) is 6.43. The van der Waals surface area contributed by atoms with E-state index in [0.29, 0.717) is 11.5 Å². The van der Waals surface area contributed by atoms with Gasteiger partial charge in [0.15, 0.2) is 0 Å². The zero-order valence-corrected chi connectivity index (χ0v) is 9.71. The van der Waals surface area contributed by atoms with Gasteiger partial charge in [0.1, 0.15) is 24.0 Å². The average molecular weight is 256 g/mol. The molecule has 0 spiro atoms. The molecular weight excluding hydrogens is 247 g/mol. The molecule has 1 aromatic carbocycles. The number of halogens is 1. The lowest BCUT2D eigenvalue weighted by molar-refractivity contribution is 0.602. The number of benzene rings is 1. The Balaban J connectivity index is 2.17. The quantitative estimate of drug-likeness (QED) is 0.800. The number of aromatic nitrogens is 3. The van der Waals surface area contributed by atoms with Crippen LogP contribution < -0.4 is 11.1 Å². The third kappa shape index (κ3) is 1.62. The highest BCUT2D eigenvalue weighted by Gasteiger charge is 2.29. The van der Waals surface area contributed by atoms with Crippen molar-refractivity contribution in [1.82, 2.24) is 14.8 Å². The van der Waals surface area contributed by atoms with E-state index in [9.17, 15) is 9.65 Å². The SMILES string of the molecule is N#CC1=C(N)n2ncnc2NC1c1ccccc1F. The van der Waals surface area contributed by atoms with E-state index >= 15 is 0 Å². The van der Waals surface area contributed by atoms with Crippen molar-refractivity contribution in [3.8, 4) is 6.07 Å². The van der Waals surface area contributed by atoms with Gasteiger partial charge in [-0.1, -0.05) is 18.2 Å². The van der Waals surface area contributed by atoms with Crippen LogP contribution in [0.5, 0.6) is 0 Å². The Morgan fingerprint density at radius 1 is 1.42 bits per heavy atom. The Morgan fingerprint density at radius 3 is 2.95 bits per heavy atom. The number of fused-ring (bicyclic) bond motifs is 1. The van der Waals surface area contributed by atoms with Crippen molar-refractivity contribution < 1.29 is 4.39 Å². The summed E-state index contributed by atoms with van der Waals surface area (Å²) in [5, 5.41) is 16.1. The molecule has 0 saturated heterocycles. The molecule has 1 aliphatic rings. The summed E-state index contributed by atoms with van der Waals surface area (Å²) in [6, 6.07) is 7.55. The molecule has 2 aromatic rings. The van der Waals surface area contributed by atoms with Gasteiger partial charge in [0.05, 0.1) is 11.6 Å². The van der Waals surface area contributed by atoms with Gasteiger partial charge >= 0.3 is 0 Å². The molecule has 3 rings (SSSR count). The number of hydrogen-bond acceptors (Lipinski definition) is 5. The number of rotatable bonds is 1. The fourth-order valence-corrected chi connectivity index (χ4v) is 2.04.